The average molecular weight is 475 g/mol. The summed E-state index contributed by atoms with van der Waals surface area (Å²) in [5, 5.41) is 3.23. The van der Waals surface area contributed by atoms with Crippen LogP contribution in [0.3, 0.4) is 0 Å². The van der Waals surface area contributed by atoms with Gasteiger partial charge in [0.2, 0.25) is 0 Å². The molecule has 1 saturated carbocycles. The number of rotatable bonds is 5. The highest BCUT2D eigenvalue weighted by Crippen LogP contribution is 2.40. The van der Waals surface area contributed by atoms with Gasteiger partial charge in [0.1, 0.15) is 5.75 Å². The lowest BCUT2D eigenvalue weighted by molar-refractivity contribution is 0.0734. The van der Waals surface area contributed by atoms with Crippen LogP contribution < -0.4 is 4.74 Å². The van der Waals surface area contributed by atoms with Gasteiger partial charge in [-0.25, -0.2) is 9.97 Å². The van der Waals surface area contributed by atoms with E-state index in [1.54, 1.807) is 0 Å². The zero-order valence-electron chi connectivity index (χ0n) is 19.4. The summed E-state index contributed by atoms with van der Waals surface area (Å²) >= 11 is 6.01. The van der Waals surface area contributed by atoms with Gasteiger partial charge >= 0.3 is 0 Å². The highest BCUT2D eigenvalue weighted by Gasteiger charge is 2.32. The van der Waals surface area contributed by atoms with E-state index in [9.17, 15) is 0 Å². The molecule has 5 nitrogen and oxygen atoms in total. The van der Waals surface area contributed by atoms with Crippen LogP contribution in [0.5, 0.6) is 5.75 Å². The Morgan fingerprint density at radius 2 is 1.94 bits per heavy atom. The van der Waals surface area contributed by atoms with E-state index in [1.807, 2.05) is 36.7 Å². The molecule has 1 saturated heterocycles. The number of fused-ring (bicyclic) bond motifs is 3. The van der Waals surface area contributed by atoms with E-state index in [4.69, 9.17) is 16.3 Å². The van der Waals surface area contributed by atoms with Gasteiger partial charge in [0.15, 0.2) is 5.65 Å². The molecule has 0 bridgehead atoms. The highest BCUT2D eigenvalue weighted by atomic mass is 35.5. The second kappa shape index (κ2) is 9.55. The molecule has 2 aliphatic rings. The fraction of sp³-hybridized carbons (Fsp3) is 0.429. The number of halogens is 1. The molecule has 1 aliphatic heterocycles. The van der Waals surface area contributed by atoms with E-state index in [0.29, 0.717) is 17.9 Å². The Balaban J connectivity index is 1.16. The Morgan fingerprint density at radius 1 is 1.03 bits per heavy atom. The van der Waals surface area contributed by atoms with Crippen LogP contribution >= 0.6 is 11.6 Å². The number of nitrogens with zero attached hydrogens (tertiary/aromatic N) is 3. The molecule has 2 fully saturated rings. The fourth-order valence-electron chi connectivity index (χ4n) is 6.11. The van der Waals surface area contributed by atoms with Crippen molar-refractivity contribution in [3.05, 3.63) is 65.6 Å². The van der Waals surface area contributed by atoms with Crippen molar-refractivity contribution in [3.8, 4) is 5.75 Å². The Bertz CT molecular complexity index is 1270. The van der Waals surface area contributed by atoms with Gasteiger partial charge in [-0.05, 0) is 86.5 Å². The molecule has 176 valence electrons. The number of ether oxygens (including phenoxy) is 1. The molecule has 3 aromatic heterocycles. The summed E-state index contributed by atoms with van der Waals surface area (Å²) in [6.45, 7) is 3.12. The minimum Gasteiger partial charge on any atom is -0.493 e. The average Bonchev–Trinajstić information content (AvgIpc) is 3.38. The molecule has 1 N–H and O–H groups in total. The molecule has 3 unspecified atom stereocenters. The zero-order valence-corrected chi connectivity index (χ0v) is 20.2. The molecule has 4 heterocycles. The van der Waals surface area contributed by atoms with E-state index in [1.165, 1.54) is 61.4 Å². The Labute approximate surface area is 205 Å². The molecule has 6 rings (SSSR count). The summed E-state index contributed by atoms with van der Waals surface area (Å²) in [7, 11) is 0. The molecule has 6 heteroatoms. The number of hydrogen-bond donors (Lipinski definition) is 1. The Kier molecular flexibility index (Phi) is 6.15. The summed E-state index contributed by atoms with van der Waals surface area (Å²) < 4.78 is 6.11. The van der Waals surface area contributed by atoms with Gasteiger partial charge in [-0.15, -0.1) is 0 Å². The van der Waals surface area contributed by atoms with Crippen LogP contribution in [0.1, 0.15) is 50.0 Å². The van der Waals surface area contributed by atoms with Crippen LogP contribution in [-0.2, 0) is 0 Å². The molecule has 0 radical (unpaired) electrons. The SMILES string of the molecule is Clc1ccc(OCC2CCCN(C3CCCC(c4cc[nH]c5cnc6nccc6c45)C3)C2)cc1. The maximum absolute atomic E-state index is 6.11. The first-order valence-electron chi connectivity index (χ1n) is 12.6. The molecular formula is C28H31ClN4O. The third-order valence-electron chi connectivity index (χ3n) is 7.78. The molecule has 0 spiro atoms. The van der Waals surface area contributed by atoms with E-state index in [0.717, 1.165) is 35.1 Å². The molecular weight excluding hydrogens is 444 g/mol. The molecule has 3 atom stereocenters. The van der Waals surface area contributed by atoms with Gasteiger partial charge in [0.05, 0.1) is 18.3 Å². The number of aromatic amines is 1. The zero-order chi connectivity index (χ0) is 22.9. The number of likely N-dealkylation sites (tertiary alicyclic amines) is 1. The number of H-pyrrole nitrogens is 1. The summed E-state index contributed by atoms with van der Waals surface area (Å²) in [5.74, 6) is 2.06. The van der Waals surface area contributed by atoms with Crippen molar-refractivity contribution in [2.75, 3.05) is 19.7 Å². The third-order valence-corrected chi connectivity index (χ3v) is 8.03. The normalized spacial score (nSPS) is 24.0. The number of piperidine rings is 1. The van der Waals surface area contributed by atoms with Crippen molar-refractivity contribution in [1.82, 2.24) is 19.9 Å². The molecule has 4 aromatic rings. The lowest BCUT2D eigenvalue weighted by Gasteiger charge is -2.42. The molecule has 34 heavy (non-hydrogen) atoms. The molecule has 0 amide bonds. The summed E-state index contributed by atoms with van der Waals surface area (Å²) in [6, 6.07) is 12.8. The smallest absolute Gasteiger partial charge is 0.159 e. The number of aromatic nitrogens is 3. The third kappa shape index (κ3) is 4.39. The minimum absolute atomic E-state index is 0.571. The van der Waals surface area contributed by atoms with Crippen molar-refractivity contribution in [1.29, 1.82) is 0 Å². The Hall–Kier alpha value is -2.63. The van der Waals surface area contributed by atoms with Crippen LogP contribution in [0.15, 0.2) is 55.0 Å². The van der Waals surface area contributed by atoms with E-state index in [-0.39, 0.29) is 0 Å². The standard InChI is InChI=1S/C28H31ClN4O/c29-21-6-8-23(9-7-21)34-18-19-3-2-14-33(17-19)22-5-1-4-20(15-22)24-10-12-30-26-16-32-28-25(27(24)26)11-13-31-28/h6-13,16,19-20,22,30H,1-5,14-15,17-18H2. The summed E-state index contributed by atoms with van der Waals surface area (Å²) in [6.07, 6.45) is 13.4. The van der Waals surface area contributed by atoms with E-state index < -0.39 is 0 Å². The molecule has 1 aliphatic carbocycles. The van der Waals surface area contributed by atoms with Gasteiger partial charge in [-0.1, -0.05) is 18.0 Å². The van der Waals surface area contributed by atoms with Crippen molar-refractivity contribution in [2.24, 2.45) is 5.92 Å². The van der Waals surface area contributed by atoms with E-state index >= 15 is 0 Å². The number of benzene rings is 1. The van der Waals surface area contributed by atoms with Crippen molar-refractivity contribution < 1.29 is 4.74 Å². The van der Waals surface area contributed by atoms with Crippen LogP contribution in [0.2, 0.25) is 5.02 Å². The molecule has 1 aromatic carbocycles. The quantitative estimate of drug-likeness (QED) is 0.355. The number of nitrogens with one attached hydrogen (secondary N) is 1. The van der Waals surface area contributed by atoms with Crippen molar-refractivity contribution in [3.63, 3.8) is 0 Å². The van der Waals surface area contributed by atoms with Crippen LogP contribution in [0.4, 0.5) is 0 Å². The van der Waals surface area contributed by atoms with E-state index in [2.05, 4.69) is 38.2 Å². The number of hydrogen-bond acceptors (Lipinski definition) is 4. The Morgan fingerprint density at radius 3 is 2.85 bits per heavy atom. The van der Waals surface area contributed by atoms with Crippen molar-refractivity contribution >= 4 is 33.5 Å². The summed E-state index contributed by atoms with van der Waals surface area (Å²) in [5.41, 5.74) is 3.41. The first-order valence-corrected chi connectivity index (χ1v) is 13.0. The number of pyridine rings is 2. The van der Waals surface area contributed by atoms with Gasteiger partial charge in [0.25, 0.3) is 0 Å². The maximum atomic E-state index is 6.11. The van der Waals surface area contributed by atoms with Crippen LogP contribution in [-0.4, -0.2) is 45.6 Å². The lowest BCUT2D eigenvalue weighted by atomic mass is 9.79. The second-order valence-electron chi connectivity index (χ2n) is 9.95. The first kappa shape index (κ1) is 21.9. The van der Waals surface area contributed by atoms with Gasteiger partial charge in [-0.2, -0.15) is 0 Å². The monoisotopic (exact) mass is 474 g/mol. The van der Waals surface area contributed by atoms with Gasteiger partial charge < -0.3 is 9.72 Å². The minimum atomic E-state index is 0.571. The lowest BCUT2D eigenvalue weighted by Crippen LogP contribution is -2.45. The van der Waals surface area contributed by atoms with Gasteiger partial charge in [-0.3, -0.25) is 4.90 Å². The van der Waals surface area contributed by atoms with Crippen LogP contribution in [0.25, 0.3) is 21.9 Å². The largest absolute Gasteiger partial charge is 0.493 e. The predicted octanol–water partition coefficient (Wildman–Crippen LogP) is 6.58. The maximum Gasteiger partial charge on any atom is 0.159 e. The van der Waals surface area contributed by atoms with Crippen LogP contribution in [0, 0.1) is 5.92 Å². The summed E-state index contributed by atoms with van der Waals surface area (Å²) in [4.78, 5) is 15.1. The fourth-order valence-corrected chi connectivity index (χ4v) is 6.24. The van der Waals surface area contributed by atoms with Crippen molar-refractivity contribution in [2.45, 2.75) is 50.5 Å². The second-order valence-corrected chi connectivity index (χ2v) is 10.4. The predicted molar refractivity (Wildman–Crippen MR) is 138 cm³/mol. The first-order chi connectivity index (χ1) is 16.7. The topological polar surface area (TPSA) is 54.0 Å². The van der Waals surface area contributed by atoms with Gasteiger partial charge in [0, 0.05) is 46.7 Å². The highest BCUT2D eigenvalue weighted by molar-refractivity contribution is 6.30.